The van der Waals surface area contributed by atoms with Crippen molar-refractivity contribution in [3.8, 4) is 0 Å². The molecule has 1 unspecified atom stereocenters. The molecule has 1 fully saturated rings. The highest BCUT2D eigenvalue weighted by molar-refractivity contribution is 7.90. The Morgan fingerprint density at radius 2 is 1.94 bits per heavy atom. The number of likely N-dealkylation sites (N-methyl/N-ethyl adjacent to an activating group) is 2. The predicted molar refractivity (Wildman–Crippen MR) is 72.0 cm³/mol. The van der Waals surface area contributed by atoms with Crippen LogP contribution >= 0.6 is 0 Å². The molecule has 0 amide bonds. The van der Waals surface area contributed by atoms with Gasteiger partial charge < -0.3 is 10.2 Å². The molecule has 1 aliphatic rings. The van der Waals surface area contributed by atoms with Crippen molar-refractivity contribution in [2.45, 2.75) is 31.7 Å². The third-order valence-corrected chi connectivity index (χ3v) is 4.62. The Balaban J connectivity index is 2.34. The summed E-state index contributed by atoms with van der Waals surface area (Å²) in [5, 5.41) is 3.38. The van der Waals surface area contributed by atoms with Crippen molar-refractivity contribution in [2.75, 3.05) is 39.2 Å². The van der Waals surface area contributed by atoms with Crippen LogP contribution in [0.15, 0.2) is 0 Å². The molecule has 0 heterocycles. The van der Waals surface area contributed by atoms with Gasteiger partial charge in [-0.2, -0.15) is 0 Å². The molecule has 0 saturated heterocycles. The molecule has 0 aromatic heterocycles. The number of sulfone groups is 1. The van der Waals surface area contributed by atoms with Crippen LogP contribution in [0.4, 0.5) is 0 Å². The molecule has 4 nitrogen and oxygen atoms in total. The Kier molecular flexibility index (Phi) is 5.89. The molecular formula is C12H26N2O2S. The largest absolute Gasteiger partial charge is 0.315 e. The minimum Gasteiger partial charge on any atom is -0.315 e. The molecule has 0 spiro atoms. The van der Waals surface area contributed by atoms with Gasteiger partial charge in [0, 0.05) is 25.4 Å². The summed E-state index contributed by atoms with van der Waals surface area (Å²) < 4.78 is 22.2. The second-order valence-electron chi connectivity index (χ2n) is 5.33. The van der Waals surface area contributed by atoms with Crippen LogP contribution in [0.3, 0.4) is 0 Å². The normalized spacial score (nSPS) is 20.0. The second-order valence-corrected chi connectivity index (χ2v) is 7.59. The minimum atomic E-state index is -2.84. The Hall–Kier alpha value is -0.130. The van der Waals surface area contributed by atoms with Crippen LogP contribution in [0.1, 0.15) is 25.7 Å². The average molecular weight is 262 g/mol. The minimum absolute atomic E-state index is 0.255. The molecule has 0 radical (unpaired) electrons. The lowest BCUT2D eigenvalue weighted by Crippen LogP contribution is -2.43. The van der Waals surface area contributed by atoms with E-state index in [1.807, 2.05) is 14.1 Å². The standard InChI is InChI=1S/C12H26N2O2S/c1-13-12(11-6-4-5-7-11)10-14(2)8-9-17(3,15)16/h11-13H,4-10H2,1-3H3. The first-order valence-electron chi connectivity index (χ1n) is 6.46. The van der Waals surface area contributed by atoms with Crippen LogP contribution < -0.4 is 5.32 Å². The smallest absolute Gasteiger partial charge is 0.148 e. The first kappa shape index (κ1) is 14.9. The Bertz CT molecular complexity index is 310. The zero-order chi connectivity index (χ0) is 12.9. The zero-order valence-corrected chi connectivity index (χ0v) is 12.1. The van der Waals surface area contributed by atoms with E-state index in [-0.39, 0.29) is 5.75 Å². The first-order valence-corrected chi connectivity index (χ1v) is 8.52. The van der Waals surface area contributed by atoms with Crippen molar-refractivity contribution < 1.29 is 8.42 Å². The van der Waals surface area contributed by atoms with Crippen molar-refractivity contribution >= 4 is 9.84 Å². The SMILES string of the molecule is CNC(CN(C)CCS(C)(=O)=O)C1CCCC1. The van der Waals surface area contributed by atoms with Gasteiger partial charge in [-0.1, -0.05) is 12.8 Å². The monoisotopic (exact) mass is 262 g/mol. The van der Waals surface area contributed by atoms with E-state index < -0.39 is 9.84 Å². The lowest BCUT2D eigenvalue weighted by Gasteiger charge is -2.28. The molecule has 5 heteroatoms. The summed E-state index contributed by atoms with van der Waals surface area (Å²) in [5.74, 6) is 1.02. The highest BCUT2D eigenvalue weighted by Gasteiger charge is 2.24. The molecule has 1 aliphatic carbocycles. The molecule has 1 saturated carbocycles. The summed E-state index contributed by atoms with van der Waals surface area (Å²) >= 11 is 0. The van der Waals surface area contributed by atoms with E-state index >= 15 is 0 Å². The summed E-state index contributed by atoms with van der Waals surface area (Å²) in [6.45, 7) is 1.57. The number of nitrogens with one attached hydrogen (secondary N) is 1. The topological polar surface area (TPSA) is 49.4 Å². The van der Waals surface area contributed by atoms with Gasteiger partial charge in [-0.3, -0.25) is 0 Å². The molecule has 1 atom stereocenters. The maximum atomic E-state index is 11.1. The fourth-order valence-electron chi connectivity index (χ4n) is 2.58. The summed E-state index contributed by atoms with van der Waals surface area (Å²) in [7, 11) is 1.17. The summed E-state index contributed by atoms with van der Waals surface area (Å²) in [6, 6.07) is 0.502. The van der Waals surface area contributed by atoms with Crippen molar-refractivity contribution in [3.63, 3.8) is 0 Å². The van der Waals surface area contributed by atoms with Crippen molar-refractivity contribution in [3.05, 3.63) is 0 Å². The molecule has 102 valence electrons. The lowest BCUT2D eigenvalue weighted by molar-refractivity contribution is 0.257. The van der Waals surface area contributed by atoms with Crippen LogP contribution in [0.2, 0.25) is 0 Å². The van der Waals surface area contributed by atoms with Crippen molar-refractivity contribution in [2.24, 2.45) is 5.92 Å². The van der Waals surface area contributed by atoms with Crippen LogP contribution in [-0.2, 0) is 9.84 Å². The third kappa shape index (κ3) is 5.84. The van der Waals surface area contributed by atoms with E-state index in [1.165, 1.54) is 31.9 Å². The molecular weight excluding hydrogens is 236 g/mol. The summed E-state index contributed by atoms with van der Waals surface area (Å²) in [4.78, 5) is 2.13. The maximum Gasteiger partial charge on any atom is 0.148 e. The van der Waals surface area contributed by atoms with Gasteiger partial charge in [-0.05, 0) is 32.9 Å². The molecule has 0 aromatic carbocycles. The Morgan fingerprint density at radius 3 is 2.41 bits per heavy atom. The van der Waals surface area contributed by atoms with Gasteiger partial charge in [0.2, 0.25) is 0 Å². The summed E-state index contributed by atoms with van der Waals surface area (Å²) in [6.07, 6.45) is 6.61. The number of rotatable bonds is 7. The number of hydrogen-bond acceptors (Lipinski definition) is 4. The summed E-state index contributed by atoms with van der Waals surface area (Å²) in [5.41, 5.74) is 0. The van der Waals surface area contributed by atoms with Crippen LogP contribution in [0.25, 0.3) is 0 Å². The second kappa shape index (κ2) is 6.71. The molecule has 0 aliphatic heterocycles. The molecule has 17 heavy (non-hydrogen) atoms. The number of hydrogen-bond donors (Lipinski definition) is 1. The van der Waals surface area contributed by atoms with Gasteiger partial charge in [0.1, 0.15) is 9.84 Å². The van der Waals surface area contributed by atoms with Crippen LogP contribution in [0, 0.1) is 5.92 Å². The lowest BCUT2D eigenvalue weighted by atomic mass is 9.98. The van der Waals surface area contributed by atoms with Crippen molar-refractivity contribution in [1.82, 2.24) is 10.2 Å². The third-order valence-electron chi connectivity index (χ3n) is 3.69. The van der Waals surface area contributed by atoms with Gasteiger partial charge in [-0.25, -0.2) is 8.42 Å². The van der Waals surface area contributed by atoms with E-state index in [4.69, 9.17) is 0 Å². The van der Waals surface area contributed by atoms with E-state index in [0.29, 0.717) is 12.6 Å². The number of nitrogens with zero attached hydrogens (tertiary/aromatic N) is 1. The van der Waals surface area contributed by atoms with Gasteiger partial charge in [0.25, 0.3) is 0 Å². The van der Waals surface area contributed by atoms with Gasteiger partial charge in [0.05, 0.1) is 5.75 Å². The first-order chi connectivity index (χ1) is 7.92. The van der Waals surface area contributed by atoms with Crippen LogP contribution in [0.5, 0.6) is 0 Å². The molecule has 0 aromatic rings. The van der Waals surface area contributed by atoms with Gasteiger partial charge >= 0.3 is 0 Å². The maximum absolute atomic E-state index is 11.1. The molecule has 1 N–H and O–H groups in total. The average Bonchev–Trinajstić information content (AvgIpc) is 2.75. The fourth-order valence-corrected chi connectivity index (χ4v) is 3.23. The predicted octanol–water partition coefficient (Wildman–Crippen LogP) is 0.741. The molecule has 1 rings (SSSR count). The highest BCUT2D eigenvalue weighted by atomic mass is 32.2. The van der Waals surface area contributed by atoms with E-state index in [1.54, 1.807) is 0 Å². The van der Waals surface area contributed by atoms with Gasteiger partial charge in [-0.15, -0.1) is 0 Å². The fraction of sp³-hybridized carbons (Fsp3) is 1.00. The highest BCUT2D eigenvalue weighted by Crippen LogP contribution is 2.27. The van der Waals surface area contributed by atoms with E-state index in [0.717, 1.165) is 12.5 Å². The molecule has 0 bridgehead atoms. The van der Waals surface area contributed by atoms with Crippen LogP contribution in [-0.4, -0.2) is 58.6 Å². The Morgan fingerprint density at radius 1 is 1.35 bits per heavy atom. The van der Waals surface area contributed by atoms with Gasteiger partial charge in [0.15, 0.2) is 0 Å². The van der Waals surface area contributed by atoms with E-state index in [2.05, 4.69) is 10.2 Å². The Labute approximate surface area is 106 Å². The quantitative estimate of drug-likeness (QED) is 0.735. The van der Waals surface area contributed by atoms with Crippen molar-refractivity contribution in [1.29, 1.82) is 0 Å². The zero-order valence-electron chi connectivity index (χ0n) is 11.3. The van der Waals surface area contributed by atoms with E-state index in [9.17, 15) is 8.42 Å².